The second kappa shape index (κ2) is 16.1. The predicted molar refractivity (Wildman–Crippen MR) is 153 cm³/mol. The number of carbonyl (C=O) groups is 1. The predicted octanol–water partition coefficient (Wildman–Crippen LogP) is 6.36. The van der Waals surface area contributed by atoms with Crippen LogP contribution in [0.5, 0.6) is 5.75 Å². The lowest BCUT2D eigenvalue weighted by molar-refractivity contribution is 0.0314. The van der Waals surface area contributed by atoms with Crippen LogP contribution in [0.3, 0.4) is 0 Å². The molecule has 0 unspecified atom stereocenters. The Morgan fingerprint density at radius 2 is 1.89 bits per heavy atom. The number of methoxy groups -OCH3 is 1. The van der Waals surface area contributed by atoms with Crippen molar-refractivity contribution in [1.82, 2.24) is 15.0 Å². The maximum Gasteiger partial charge on any atom is 0.175 e. The van der Waals surface area contributed by atoms with E-state index in [9.17, 15) is 4.79 Å². The van der Waals surface area contributed by atoms with E-state index in [2.05, 4.69) is 36.5 Å². The number of halogens is 3. The number of nitrogens with one attached hydrogen (secondary N) is 2. The number of fused-ring (bicyclic) bond motifs is 1. The largest absolute Gasteiger partial charge is 0.497 e. The van der Waals surface area contributed by atoms with Crippen LogP contribution in [0.25, 0.3) is 11.0 Å². The first-order valence-electron chi connectivity index (χ1n) is 11.8. The van der Waals surface area contributed by atoms with E-state index >= 15 is 4.39 Å². The van der Waals surface area contributed by atoms with Crippen molar-refractivity contribution >= 4 is 56.2 Å². The Morgan fingerprint density at radius 1 is 1.18 bits per heavy atom. The third-order valence-corrected chi connectivity index (χ3v) is 5.86. The van der Waals surface area contributed by atoms with Gasteiger partial charge in [0.1, 0.15) is 11.3 Å². The molecule has 0 fully saturated rings. The number of aliphatic hydroxyl groups excluding tert-OH is 1. The number of hydrogen-bond donors (Lipinski definition) is 3. The van der Waals surface area contributed by atoms with E-state index in [0.717, 1.165) is 15.8 Å². The van der Waals surface area contributed by atoms with Crippen LogP contribution in [0.1, 0.15) is 29.8 Å². The highest BCUT2D eigenvalue weighted by Crippen LogP contribution is 2.34. The summed E-state index contributed by atoms with van der Waals surface area (Å²) in [5, 5.41) is 11.4. The first-order valence-corrected chi connectivity index (χ1v) is 13.0. The van der Waals surface area contributed by atoms with Crippen LogP contribution in [0.15, 0.2) is 59.3 Å². The van der Waals surface area contributed by atoms with Crippen LogP contribution in [0.2, 0.25) is 5.02 Å². The van der Waals surface area contributed by atoms with E-state index in [4.69, 9.17) is 21.4 Å². The molecule has 0 atom stereocenters. The summed E-state index contributed by atoms with van der Waals surface area (Å²) >= 11 is 9.56. The van der Waals surface area contributed by atoms with Gasteiger partial charge < -0.3 is 19.7 Å². The molecule has 3 N–H and O–H groups in total. The Morgan fingerprint density at radius 3 is 2.45 bits per heavy atom. The van der Waals surface area contributed by atoms with Crippen molar-refractivity contribution in [3.05, 3.63) is 81.3 Å². The zero-order chi connectivity index (χ0) is 28.1. The lowest BCUT2D eigenvalue weighted by atomic mass is 10.1. The maximum atomic E-state index is 15.3. The van der Waals surface area contributed by atoms with Gasteiger partial charge in [0.2, 0.25) is 0 Å². The van der Waals surface area contributed by atoms with Crippen LogP contribution < -0.4 is 15.5 Å². The Balaban J connectivity index is 0.000000560. The molecule has 38 heavy (non-hydrogen) atoms. The van der Waals surface area contributed by atoms with Crippen molar-refractivity contribution in [2.45, 2.75) is 20.4 Å². The molecule has 4 aromatic rings. The zero-order valence-corrected chi connectivity index (χ0v) is 23.9. The Labute approximate surface area is 234 Å². The number of aliphatic hydroxyl groups is 1. The Bertz CT molecular complexity index is 1310. The number of carbonyl (C=O) groups excluding carboxylic acids is 1. The maximum absolute atomic E-state index is 15.3. The van der Waals surface area contributed by atoms with Gasteiger partial charge in [0.05, 0.1) is 48.6 Å². The molecule has 0 spiro atoms. The van der Waals surface area contributed by atoms with Crippen LogP contribution in [-0.2, 0) is 11.4 Å². The number of hydroxylamine groups is 1. The highest BCUT2D eigenvalue weighted by Gasteiger charge is 2.18. The lowest BCUT2D eigenvalue weighted by Gasteiger charge is -2.13. The van der Waals surface area contributed by atoms with Crippen molar-refractivity contribution in [2.24, 2.45) is 0 Å². The number of aromatic nitrogens is 2. The Kier molecular flexibility index (Phi) is 13.2. The monoisotopic (exact) mass is 608 g/mol. The van der Waals surface area contributed by atoms with Gasteiger partial charge >= 0.3 is 0 Å². The standard InChI is InChI=1S/C22H16BrClFN3O2.C3H9NO2.C2H6/c1-30-16-5-2-13(3-6-16)10-28-12-26-22-19(28)8-14(11-29)21(20(22)25)27-18-7-4-15(23)9-17(18)24;1-4-6-3-2-5;1-2/h2-9,11-12,27H,10H2,1H3;4-5H,2-3H2,1H3;1-2H3. The second-order valence-corrected chi connectivity index (χ2v) is 8.71. The van der Waals surface area contributed by atoms with E-state index in [0.29, 0.717) is 35.7 Å². The molecule has 0 aliphatic carbocycles. The topological polar surface area (TPSA) is 97.6 Å². The van der Waals surface area contributed by atoms with E-state index in [1.54, 1.807) is 49.3 Å². The Hall–Kier alpha value is -3.02. The summed E-state index contributed by atoms with van der Waals surface area (Å²) in [7, 11) is 3.25. The summed E-state index contributed by atoms with van der Waals surface area (Å²) in [5.41, 5.74) is 4.80. The first-order chi connectivity index (χ1) is 18.4. The number of anilines is 2. The molecule has 1 heterocycles. The van der Waals surface area contributed by atoms with Crippen molar-refractivity contribution in [1.29, 1.82) is 0 Å². The second-order valence-electron chi connectivity index (χ2n) is 7.39. The highest BCUT2D eigenvalue weighted by atomic mass is 79.9. The summed E-state index contributed by atoms with van der Waals surface area (Å²) < 4.78 is 23.1. The summed E-state index contributed by atoms with van der Waals surface area (Å²) in [6, 6.07) is 14.3. The average Bonchev–Trinajstić information content (AvgIpc) is 3.34. The molecule has 8 nitrogen and oxygen atoms in total. The van der Waals surface area contributed by atoms with Gasteiger partial charge in [0, 0.05) is 23.6 Å². The molecule has 4 rings (SSSR count). The van der Waals surface area contributed by atoms with Gasteiger partial charge in [-0.1, -0.05) is 53.5 Å². The van der Waals surface area contributed by atoms with Gasteiger partial charge in [-0.15, -0.1) is 0 Å². The molecule has 0 radical (unpaired) electrons. The molecule has 0 aliphatic rings. The molecule has 0 aliphatic heterocycles. The smallest absolute Gasteiger partial charge is 0.175 e. The average molecular weight is 610 g/mol. The minimum atomic E-state index is -0.609. The van der Waals surface area contributed by atoms with E-state index in [1.165, 1.54) is 0 Å². The minimum absolute atomic E-state index is 0.0384. The van der Waals surface area contributed by atoms with E-state index < -0.39 is 5.82 Å². The third kappa shape index (κ3) is 8.24. The van der Waals surface area contributed by atoms with Gasteiger partial charge in [0.25, 0.3) is 0 Å². The molecule has 11 heteroatoms. The first kappa shape index (κ1) is 31.2. The van der Waals surface area contributed by atoms with Gasteiger partial charge in [-0.3, -0.25) is 9.63 Å². The van der Waals surface area contributed by atoms with Crippen molar-refractivity contribution in [3.63, 3.8) is 0 Å². The van der Waals surface area contributed by atoms with Crippen molar-refractivity contribution in [3.8, 4) is 5.75 Å². The van der Waals surface area contributed by atoms with Crippen LogP contribution in [0.4, 0.5) is 15.8 Å². The number of imidazole rings is 1. The third-order valence-electron chi connectivity index (χ3n) is 5.05. The molecule has 0 bridgehead atoms. The van der Waals surface area contributed by atoms with E-state index in [-0.39, 0.29) is 23.4 Å². The molecular formula is C27H31BrClFN4O4. The number of nitrogens with zero attached hydrogens (tertiary/aromatic N) is 2. The van der Waals surface area contributed by atoms with Gasteiger partial charge in [-0.2, -0.15) is 0 Å². The van der Waals surface area contributed by atoms with Crippen molar-refractivity contribution in [2.75, 3.05) is 32.7 Å². The molecule has 3 aromatic carbocycles. The van der Waals surface area contributed by atoms with Gasteiger partial charge in [0.15, 0.2) is 12.1 Å². The highest BCUT2D eigenvalue weighted by molar-refractivity contribution is 9.10. The molecule has 1 aromatic heterocycles. The van der Waals surface area contributed by atoms with Gasteiger partial charge in [-0.25, -0.2) is 14.9 Å². The summed E-state index contributed by atoms with van der Waals surface area (Å²) in [6.07, 6.45) is 2.17. The molecule has 0 saturated carbocycles. The molecule has 204 valence electrons. The molecule has 0 saturated heterocycles. The number of aldehydes is 1. The summed E-state index contributed by atoms with van der Waals surface area (Å²) in [4.78, 5) is 20.4. The quantitative estimate of drug-likeness (QED) is 0.115. The zero-order valence-electron chi connectivity index (χ0n) is 21.6. The summed E-state index contributed by atoms with van der Waals surface area (Å²) in [5.74, 6) is 0.146. The van der Waals surface area contributed by atoms with Crippen LogP contribution in [0, 0.1) is 5.82 Å². The van der Waals surface area contributed by atoms with Crippen molar-refractivity contribution < 1.29 is 23.9 Å². The number of benzene rings is 3. The fraction of sp³-hybridized carbons (Fsp3) is 0.259. The van der Waals surface area contributed by atoms with Gasteiger partial charge in [-0.05, 0) is 42.0 Å². The molecule has 0 amide bonds. The number of rotatable bonds is 9. The van der Waals surface area contributed by atoms with Crippen LogP contribution >= 0.6 is 27.5 Å². The number of ether oxygens (including phenoxy) is 1. The fourth-order valence-electron chi connectivity index (χ4n) is 3.32. The lowest BCUT2D eigenvalue weighted by Crippen LogP contribution is -2.10. The number of hydrogen-bond acceptors (Lipinski definition) is 7. The SMILES string of the molecule is CC.CNOCCO.COc1ccc(Cn2cnc3c(F)c(Nc4ccc(Br)cc4Cl)c(C=O)cc32)cc1. The normalized spacial score (nSPS) is 10.2. The minimum Gasteiger partial charge on any atom is -0.497 e. The fourth-order valence-corrected chi connectivity index (χ4v) is 4.04. The van der Waals surface area contributed by atoms with E-state index in [1.807, 2.05) is 38.1 Å². The molecular weight excluding hydrogens is 579 g/mol. The summed E-state index contributed by atoms with van der Waals surface area (Å²) in [6.45, 7) is 4.90. The van der Waals surface area contributed by atoms with Crippen LogP contribution in [-0.4, -0.2) is 48.3 Å².